The molecule has 0 saturated carbocycles. The molecule has 6 aromatic rings. The second kappa shape index (κ2) is 9.00. The lowest BCUT2D eigenvalue weighted by molar-refractivity contribution is 0.0400. The van der Waals surface area contributed by atoms with Crippen LogP contribution in [0.15, 0.2) is 85.5 Å². The van der Waals surface area contributed by atoms with Gasteiger partial charge < -0.3 is 14.9 Å². The van der Waals surface area contributed by atoms with Gasteiger partial charge in [0.1, 0.15) is 0 Å². The Balaban J connectivity index is 1.50. The molecule has 0 spiro atoms. The molecule has 2 aromatic heterocycles. The van der Waals surface area contributed by atoms with Gasteiger partial charge in [-0.05, 0) is 57.9 Å². The highest BCUT2D eigenvalue weighted by Gasteiger charge is 2.25. The summed E-state index contributed by atoms with van der Waals surface area (Å²) < 4.78 is 5.24. The molecule has 0 saturated heterocycles. The number of carbonyl (C=O) groups is 4. The minimum Gasteiger partial charge on any atom is -0.478 e. The highest BCUT2D eigenvalue weighted by atomic mass is 16.6. The minimum absolute atomic E-state index is 0.115. The van der Waals surface area contributed by atoms with Gasteiger partial charge in [-0.1, -0.05) is 24.3 Å². The normalized spacial score (nSPS) is 11.2. The second-order valence-electron chi connectivity index (χ2n) is 8.79. The molecule has 0 fully saturated rings. The third-order valence-corrected chi connectivity index (χ3v) is 6.64. The topological polar surface area (TPSA) is 144 Å². The molecule has 0 aliphatic rings. The molecule has 6 rings (SSSR count). The SMILES string of the molecule is O=C(O)c1cc2cnccc2c2cccc(C(=O)OC(=O)c3cccc4c3c(C(=O)O)cc3cnccc34)c12. The molecule has 0 radical (unpaired) electrons. The molecule has 0 bridgehead atoms. The maximum absolute atomic E-state index is 13.3. The maximum atomic E-state index is 13.3. The second-order valence-corrected chi connectivity index (χ2v) is 8.79. The Morgan fingerprint density at radius 1 is 0.564 bits per heavy atom. The van der Waals surface area contributed by atoms with E-state index in [0.717, 1.165) is 0 Å². The van der Waals surface area contributed by atoms with Crippen molar-refractivity contribution in [3.63, 3.8) is 0 Å². The van der Waals surface area contributed by atoms with E-state index in [1.54, 1.807) is 48.8 Å². The van der Waals surface area contributed by atoms with Crippen molar-refractivity contribution in [1.29, 1.82) is 0 Å². The van der Waals surface area contributed by atoms with E-state index in [-0.39, 0.29) is 33.0 Å². The number of carboxylic acids is 2. The van der Waals surface area contributed by atoms with Crippen LogP contribution in [0.5, 0.6) is 0 Å². The molecular formula is C30H16N2O7. The summed E-state index contributed by atoms with van der Waals surface area (Å²) in [5.74, 6) is -4.67. The number of carbonyl (C=O) groups excluding carboxylic acids is 2. The van der Waals surface area contributed by atoms with Crippen molar-refractivity contribution >= 4 is 67.0 Å². The molecule has 9 heteroatoms. The van der Waals surface area contributed by atoms with Crippen LogP contribution in [-0.4, -0.2) is 44.1 Å². The molecule has 4 aromatic carbocycles. The van der Waals surface area contributed by atoms with Gasteiger partial charge in [-0.15, -0.1) is 0 Å². The lowest BCUT2D eigenvalue weighted by atomic mass is 9.94. The van der Waals surface area contributed by atoms with Crippen LogP contribution < -0.4 is 0 Å². The van der Waals surface area contributed by atoms with Crippen LogP contribution in [0.4, 0.5) is 0 Å². The largest absolute Gasteiger partial charge is 0.478 e. The molecule has 0 aliphatic heterocycles. The van der Waals surface area contributed by atoms with E-state index < -0.39 is 23.9 Å². The van der Waals surface area contributed by atoms with Gasteiger partial charge in [0.05, 0.1) is 22.3 Å². The fourth-order valence-corrected chi connectivity index (χ4v) is 4.99. The number of fused-ring (bicyclic) bond motifs is 6. The van der Waals surface area contributed by atoms with Crippen LogP contribution in [0.2, 0.25) is 0 Å². The summed E-state index contributed by atoms with van der Waals surface area (Å²) >= 11 is 0. The summed E-state index contributed by atoms with van der Waals surface area (Å²) in [4.78, 5) is 59.0. The lowest BCUT2D eigenvalue weighted by Crippen LogP contribution is -2.15. The Hall–Kier alpha value is -5.70. The van der Waals surface area contributed by atoms with E-state index in [0.29, 0.717) is 32.3 Å². The standard InChI is InChI=1S/C30H16N2O7/c33-27(34)23-11-15-13-31-9-7-17(15)19-3-1-5-21(25(19)23)29(37)39-30(38)22-6-2-4-20-18-8-10-32-14-16(18)12-24(26(20)22)28(35)36/h1-14H,(H,33,34)(H,35,36). The monoisotopic (exact) mass is 516 g/mol. The zero-order valence-corrected chi connectivity index (χ0v) is 19.9. The van der Waals surface area contributed by atoms with Crippen molar-refractivity contribution in [2.75, 3.05) is 0 Å². The van der Waals surface area contributed by atoms with Crippen LogP contribution in [-0.2, 0) is 4.74 Å². The average Bonchev–Trinajstić information content (AvgIpc) is 2.95. The lowest BCUT2D eigenvalue weighted by Gasteiger charge is -2.13. The number of hydrogen-bond donors (Lipinski definition) is 2. The van der Waals surface area contributed by atoms with E-state index >= 15 is 0 Å². The average molecular weight is 516 g/mol. The van der Waals surface area contributed by atoms with E-state index in [2.05, 4.69) is 9.97 Å². The molecule has 0 aliphatic carbocycles. The number of nitrogens with zero attached hydrogens (tertiary/aromatic N) is 2. The number of ether oxygens (including phenoxy) is 1. The highest BCUT2D eigenvalue weighted by Crippen LogP contribution is 2.33. The van der Waals surface area contributed by atoms with Gasteiger partial charge in [-0.3, -0.25) is 9.97 Å². The smallest absolute Gasteiger partial charge is 0.346 e. The summed E-state index contributed by atoms with van der Waals surface area (Å²) in [6.07, 6.45) is 6.15. The molecule has 39 heavy (non-hydrogen) atoms. The maximum Gasteiger partial charge on any atom is 0.346 e. The van der Waals surface area contributed by atoms with Gasteiger partial charge in [0.15, 0.2) is 0 Å². The van der Waals surface area contributed by atoms with E-state index in [1.165, 1.54) is 36.7 Å². The molecular weight excluding hydrogens is 500 g/mol. The first-order valence-corrected chi connectivity index (χ1v) is 11.7. The quantitative estimate of drug-likeness (QED) is 0.177. The fourth-order valence-electron chi connectivity index (χ4n) is 4.99. The van der Waals surface area contributed by atoms with Gasteiger partial charge in [0.25, 0.3) is 0 Å². The van der Waals surface area contributed by atoms with Gasteiger partial charge >= 0.3 is 23.9 Å². The molecule has 0 unspecified atom stereocenters. The summed E-state index contributed by atoms with van der Waals surface area (Å²) in [7, 11) is 0. The van der Waals surface area contributed by atoms with Crippen LogP contribution >= 0.6 is 0 Å². The zero-order valence-electron chi connectivity index (χ0n) is 19.9. The number of benzene rings is 4. The molecule has 2 N–H and O–H groups in total. The Bertz CT molecular complexity index is 1900. The Morgan fingerprint density at radius 2 is 1.00 bits per heavy atom. The Morgan fingerprint density at radius 3 is 1.41 bits per heavy atom. The van der Waals surface area contributed by atoms with Crippen molar-refractivity contribution in [2.24, 2.45) is 0 Å². The van der Waals surface area contributed by atoms with Crippen molar-refractivity contribution in [1.82, 2.24) is 9.97 Å². The predicted octanol–water partition coefficient (Wildman–Crippen LogP) is 5.48. The number of pyridine rings is 2. The number of carboxylic acid groups (broad SMARTS) is 2. The van der Waals surface area contributed by atoms with E-state index in [4.69, 9.17) is 4.74 Å². The van der Waals surface area contributed by atoms with Crippen molar-refractivity contribution < 1.29 is 34.1 Å². The van der Waals surface area contributed by atoms with Crippen LogP contribution in [0.3, 0.4) is 0 Å². The van der Waals surface area contributed by atoms with Gasteiger partial charge in [-0.25, -0.2) is 19.2 Å². The van der Waals surface area contributed by atoms with Gasteiger partial charge in [0.2, 0.25) is 0 Å². The first-order valence-electron chi connectivity index (χ1n) is 11.7. The van der Waals surface area contributed by atoms with E-state index in [1.807, 2.05) is 0 Å². The Labute approximate surface area is 218 Å². The van der Waals surface area contributed by atoms with Crippen molar-refractivity contribution in [3.05, 3.63) is 108 Å². The molecule has 188 valence electrons. The summed E-state index contributed by atoms with van der Waals surface area (Å²) in [5.41, 5.74) is -0.535. The zero-order chi connectivity index (χ0) is 27.3. The molecule has 9 nitrogen and oxygen atoms in total. The molecule has 0 atom stereocenters. The van der Waals surface area contributed by atoms with E-state index in [9.17, 15) is 29.4 Å². The van der Waals surface area contributed by atoms with Crippen molar-refractivity contribution in [2.45, 2.75) is 0 Å². The molecule has 0 amide bonds. The first-order chi connectivity index (χ1) is 18.8. The fraction of sp³-hybridized carbons (Fsp3) is 0. The predicted molar refractivity (Wildman–Crippen MR) is 142 cm³/mol. The van der Waals surface area contributed by atoms with Crippen LogP contribution in [0.1, 0.15) is 41.4 Å². The third kappa shape index (κ3) is 3.80. The first kappa shape index (κ1) is 23.7. The minimum atomic E-state index is -1.26. The van der Waals surface area contributed by atoms with Crippen LogP contribution in [0, 0.1) is 0 Å². The highest BCUT2D eigenvalue weighted by molar-refractivity contribution is 6.24. The summed E-state index contributed by atoms with van der Waals surface area (Å²) in [6.45, 7) is 0. The number of aromatic carboxylic acids is 2. The number of rotatable bonds is 4. The van der Waals surface area contributed by atoms with Gasteiger partial charge in [-0.2, -0.15) is 0 Å². The number of esters is 2. The third-order valence-electron chi connectivity index (χ3n) is 6.64. The number of aromatic nitrogens is 2. The number of hydrogen-bond acceptors (Lipinski definition) is 7. The van der Waals surface area contributed by atoms with Gasteiger partial charge in [0, 0.05) is 46.3 Å². The molecule has 2 heterocycles. The Kier molecular flexibility index (Phi) is 5.46. The summed E-state index contributed by atoms with van der Waals surface area (Å²) in [5, 5.41) is 23.5. The van der Waals surface area contributed by atoms with Crippen molar-refractivity contribution in [3.8, 4) is 0 Å². The summed E-state index contributed by atoms with van der Waals surface area (Å²) in [6, 6.07) is 15.5. The van der Waals surface area contributed by atoms with Crippen LogP contribution in [0.25, 0.3) is 43.1 Å².